The molecule has 100 valence electrons. The second-order valence-electron chi connectivity index (χ2n) is 4.85. The molecule has 0 saturated heterocycles. The van der Waals surface area contributed by atoms with E-state index in [1.807, 2.05) is 12.1 Å². The fraction of sp³-hybridized carbons (Fsp3) is 0.357. The third-order valence-corrected chi connectivity index (χ3v) is 3.14. The Bertz CT molecular complexity index is 605. The molecule has 0 aliphatic carbocycles. The Balaban J connectivity index is 2.16. The van der Waals surface area contributed by atoms with E-state index in [0.717, 1.165) is 28.3 Å². The van der Waals surface area contributed by atoms with Gasteiger partial charge in [0, 0.05) is 11.6 Å². The van der Waals surface area contributed by atoms with Gasteiger partial charge in [-0.25, -0.2) is 0 Å². The lowest BCUT2D eigenvalue weighted by Crippen LogP contribution is -2.15. The van der Waals surface area contributed by atoms with Gasteiger partial charge in [0.05, 0.1) is 0 Å². The number of nitrogen functional groups attached to an aromatic ring is 1. The molecule has 0 atom stereocenters. The molecule has 1 aromatic carbocycles. The van der Waals surface area contributed by atoms with E-state index in [0.29, 0.717) is 25.0 Å². The second-order valence-corrected chi connectivity index (χ2v) is 4.85. The van der Waals surface area contributed by atoms with Crippen molar-refractivity contribution in [3.63, 3.8) is 0 Å². The van der Waals surface area contributed by atoms with E-state index in [9.17, 15) is 0 Å². The zero-order valence-corrected chi connectivity index (χ0v) is 11.0. The number of nitrogens with zero attached hydrogens (tertiary/aromatic N) is 1. The quantitative estimate of drug-likeness (QED) is 0.899. The van der Waals surface area contributed by atoms with Crippen LogP contribution < -0.4 is 15.2 Å². The van der Waals surface area contributed by atoms with Gasteiger partial charge in [-0.15, -0.1) is 0 Å². The molecule has 0 saturated carbocycles. The molecule has 5 nitrogen and oxygen atoms in total. The van der Waals surface area contributed by atoms with Crippen molar-refractivity contribution in [1.82, 2.24) is 5.16 Å². The molecule has 0 radical (unpaired) electrons. The second kappa shape index (κ2) is 4.50. The smallest absolute Gasteiger partial charge is 0.222 e. The van der Waals surface area contributed by atoms with Gasteiger partial charge in [-0.3, -0.25) is 0 Å². The highest BCUT2D eigenvalue weighted by atomic mass is 16.6. The first-order valence-electron chi connectivity index (χ1n) is 6.31. The summed E-state index contributed by atoms with van der Waals surface area (Å²) in [4.78, 5) is 0. The number of hydrogen-bond donors (Lipinski definition) is 1. The summed E-state index contributed by atoms with van der Waals surface area (Å²) >= 11 is 0. The molecule has 0 spiro atoms. The van der Waals surface area contributed by atoms with Crippen LogP contribution >= 0.6 is 0 Å². The van der Waals surface area contributed by atoms with Gasteiger partial charge in [0.1, 0.15) is 18.9 Å². The molecule has 19 heavy (non-hydrogen) atoms. The summed E-state index contributed by atoms with van der Waals surface area (Å²) in [5.41, 5.74) is 8.42. The Hall–Kier alpha value is -2.17. The lowest BCUT2D eigenvalue weighted by Gasteiger charge is -2.21. The number of rotatable bonds is 2. The van der Waals surface area contributed by atoms with Crippen LogP contribution in [0.2, 0.25) is 0 Å². The lowest BCUT2D eigenvalue weighted by atomic mass is 9.94. The van der Waals surface area contributed by atoms with Crippen LogP contribution in [0.4, 0.5) is 5.88 Å². The highest BCUT2D eigenvalue weighted by Crippen LogP contribution is 2.40. The van der Waals surface area contributed by atoms with Crippen LogP contribution in [0, 0.1) is 0 Å². The monoisotopic (exact) mass is 260 g/mol. The van der Waals surface area contributed by atoms with Crippen LogP contribution in [-0.2, 0) is 0 Å². The zero-order chi connectivity index (χ0) is 13.4. The number of aromatic nitrogens is 1. The Labute approximate surface area is 111 Å². The minimum absolute atomic E-state index is 0.305. The fourth-order valence-electron chi connectivity index (χ4n) is 2.22. The predicted octanol–water partition coefficient (Wildman–Crippen LogP) is 2.82. The molecule has 0 amide bonds. The zero-order valence-electron chi connectivity index (χ0n) is 11.0. The van der Waals surface area contributed by atoms with Crippen LogP contribution in [0.1, 0.15) is 25.3 Å². The van der Waals surface area contributed by atoms with Crippen molar-refractivity contribution in [2.75, 3.05) is 18.9 Å². The number of ether oxygens (including phenoxy) is 2. The normalized spacial score (nSPS) is 13.8. The molecule has 1 aliphatic rings. The summed E-state index contributed by atoms with van der Waals surface area (Å²) < 4.78 is 16.2. The van der Waals surface area contributed by atoms with E-state index < -0.39 is 0 Å². The molecule has 3 rings (SSSR count). The molecular formula is C14H16N2O3. The maximum absolute atomic E-state index is 5.62. The van der Waals surface area contributed by atoms with Gasteiger partial charge in [-0.05, 0) is 23.6 Å². The van der Waals surface area contributed by atoms with Gasteiger partial charge >= 0.3 is 0 Å². The summed E-state index contributed by atoms with van der Waals surface area (Å²) in [6.45, 7) is 5.39. The molecule has 0 bridgehead atoms. The van der Waals surface area contributed by atoms with E-state index in [1.54, 1.807) is 6.07 Å². The van der Waals surface area contributed by atoms with E-state index in [-0.39, 0.29) is 0 Å². The third-order valence-electron chi connectivity index (χ3n) is 3.14. The van der Waals surface area contributed by atoms with Crippen LogP contribution in [0.5, 0.6) is 11.5 Å². The fourth-order valence-corrected chi connectivity index (χ4v) is 2.22. The Morgan fingerprint density at radius 1 is 1.11 bits per heavy atom. The summed E-state index contributed by atoms with van der Waals surface area (Å²) in [7, 11) is 0. The molecule has 2 heterocycles. The molecular weight excluding hydrogens is 244 g/mol. The molecule has 2 N–H and O–H groups in total. The summed E-state index contributed by atoms with van der Waals surface area (Å²) in [6, 6.07) is 5.68. The van der Waals surface area contributed by atoms with E-state index >= 15 is 0 Å². The molecule has 2 aromatic rings. The Morgan fingerprint density at radius 3 is 2.37 bits per heavy atom. The van der Waals surface area contributed by atoms with Gasteiger partial charge in [-0.2, -0.15) is 0 Å². The van der Waals surface area contributed by atoms with Gasteiger partial charge in [0.2, 0.25) is 5.88 Å². The number of hydrogen-bond acceptors (Lipinski definition) is 5. The van der Waals surface area contributed by atoms with Crippen LogP contribution in [-0.4, -0.2) is 18.4 Å². The van der Waals surface area contributed by atoms with E-state index in [1.165, 1.54) is 0 Å². The molecule has 0 fully saturated rings. The van der Waals surface area contributed by atoms with Crippen molar-refractivity contribution in [2.24, 2.45) is 0 Å². The van der Waals surface area contributed by atoms with Crippen molar-refractivity contribution in [1.29, 1.82) is 0 Å². The first kappa shape index (κ1) is 11.9. The van der Waals surface area contributed by atoms with Gasteiger partial charge < -0.3 is 19.7 Å². The predicted molar refractivity (Wildman–Crippen MR) is 71.4 cm³/mol. The van der Waals surface area contributed by atoms with Crippen molar-refractivity contribution in [3.8, 4) is 22.8 Å². The van der Waals surface area contributed by atoms with Crippen LogP contribution in [0.3, 0.4) is 0 Å². The van der Waals surface area contributed by atoms with Crippen LogP contribution in [0.15, 0.2) is 22.7 Å². The largest absolute Gasteiger partial charge is 0.486 e. The van der Waals surface area contributed by atoms with E-state index in [4.69, 9.17) is 19.7 Å². The Morgan fingerprint density at radius 2 is 1.79 bits per heavy atom. The average Bonchev–Trinajstić information content (AvgIpc) is 2.83. The standard InChI is InChI=1S/C14H16N2O3/c1-8(2)9-5-12-13(18-4-3-17-12)6-10(9)11-7-14(15)19-16-11/h5-8H,3-4,15H2,1-2H3. The maximum atomic E-state index is 5.62. The number of nitrogens with two attached hydrogens (primary N) is 1. The molecule has 1 aromatic heterocycles. The minimum Gasteiger partial charge on any atom is -0.486 e. The SMILES string of the molecule is CC(C)c1cc2c(cc1-c1cc(N)on1)OCCO2. The minimum atomic E-state index is 0.305. The lowest BCUT2D eigenvalue weighted by molar-refractivity contribution is 0.171. The topological polar surface area (TPSA) is 70.5 Å². The highest BCUT2D eigenvalue weighted by Gasteiger charge is 2.20. The highest BCUT2D eigenvalue weighted by molar-refractivity contribution is 5.70. The third kappa shape index (κ3) is 2.12. The number of fused-ring (bicyclic) bond motifs is 1. The van der Waals surface area contributed by atoms with Crippen molar-refractivity contribution < 1.29 is 14.0 Å². The average molecular weight is 260 g/mol. The van der Waals surface area contributed by atoms with E-state index in [2.05, 4.69) is 19.0 Å². The summed E-state index contributed by atoms with van der Waals surface area (Å²) in [6.07, 6.45) is 0. The maximum Gasteiger partial charge on any atom is 0.222 e. The van der Waals surface area contributed by atoms with Gasteiger partial charge in [0.15, 0.2) is 11.5 Å². The van der Waals surface area contributed by atoms with Gasteiger partial charge in [0.25, 0.3) is 0 Å². The summed E-state index contributed by atoms with van der Waals surface area (Å²) in [5, 5.41) is 3.98. The van der Waals surface area contributed by atoms with Gasteiger partial charge in [-0.1, -0.05) is 19.0 Å². The van der Waals surface area contributed by atoms with Crippen molar-refractivity contribution in [2.45, 2.75) is 19.8 Å². The summed E-state index contributed by atoms with van der Waals surface area (Å²) in [5.74, 6) is 2.17. The number of anilines is 1. The van der Waals surface area contributed by atoms with Crippen LogP contribution in [0.25, 0.3) is 11.3 Å². The molecule has 0 unspecified atom stereocenters. The first-order valence-corrected chi connectivity index (χ1v) is 6.31. The first-order chi connectivity index (χ1) is 9.15. The molecule has 1 aliphatic heterocycles. The van der Waals surface area contributed by atoms with Crippen molar-refractivity contribution >= 4 is 5.88 Å². The molecule has 5 heteroatoms. The van der Waals surface area contributed by atoms with Crippen molar-refractivity contribution in [3.05, 3.63) is 23.8 Å². The number of benzene rings is 1. The Kier molecular flexibility index (Phi) is 2.81.